The van der Waals surface area contributed by atoms with Gasteiger partial charge in [0.15, 0.2) is 11.3 Å². The molecule has 0 bridgehead atoms. The van der Waals surface area contributed by atoms with Crippen LogP contribution in [0.25, 0.3) is 99.8 Å². The highest BCUT2D eigenvalue weighted by Gasteiger charge is 2.26. The first-order valence-corrected chi connectivity index (χ1v) is 22.0. The van der Waals surface area contributed by atoms with Crippen molar-refractivity contribution >= 4 is 83.1 Å². The molecule has 0 atom stereocenters. The molecule has 0 saturated carbocycles. The van der Waals surface area contributed by atoms with Crippen LogP contribution < -0.4 is 14.5 Å². The molecule has 9 nitrogen and oxygen atoms in total. The number of pyridine rings is 1. The van der Waals surface area contributed by atoms with Crippen molar-refractivity contribution in [2.45, 2.75) is 0 Å². The molecule has 0 spiro atoms. The molecule has 312 valence electrons. The zero-order chi connectivity index (χ0) is 43.3. The first kappa shape index (κ1) is 36.4. The lowest BCUT2D eigenvalue weighted by atomic mass is 9.95. The van der Waals surface area contributed by atoms with E-state index >= 15 is 0 Å². The van der Waals surface area contributed by atoms with Crippen LogP contribution in [0.5, 0.6) is 11.5 Å². The summed E-state index contributed by atoms with van der Waals surface area (Å²) in [6.07, 6.45) is 6.12. The number of aromatic nitrogens is 4. The zero-order valence-corrected chi connectivity index (χ0v) is 35.2. The van der Waals surface area contributed by atoms with E-state index in [0.717, 1.165) is 106 Å². The van der Waals surface area contributed by atoms with Crippen LogP contribution in [0.3, 0.4) is 0 Å². The van der Waals surface area contributed by atoms with E-state index in [-0.39, 0.29) is 0 Å². The quantitative estimate of drug-likeness (QED) is 0.158. The van der Waals surface area contributed by atoms with Crippen LogP contribution in [0.15, 0.2) is 215 Å². The Balaban J connectivity index is 0.931. The maximum absolute atomic E-state index is 7.05. The Kier molecular flexibility index (Phi) is 7.84. The number of furan rings is 2. The molecule has 66 heavy (non-hydrogen) atoms. The zero-order valence-electron chi connectivity index (χ0n) is 35.2. The molecule has 1 aliphatic heterocycles. The number of hydrogen-bond acceptors (Lipinski definition) is 7. The lowest BCUT2D eigenvalue weighted by Gasteiger charge is -2.26. The van der Waals surface area contributed by atoms with Gasteiger partial charge in [0.2, 0.25) is 5.78 Å². The minimum atomic E-state index is 0.565. The summed E-state index contributed by atoms with van der Waals surface area (Å²) in [6, 6.07) is 64.7. The second kappa shape index (κ2) is 14.2. The normalized spacial score (nSPS) is 13.0. The molecular formula is C57H36N6O3. The van der Waals surface area contributed by atoms with Gasteiger partial charge < -0.3 is 23.4 Å². The monoisotopic (exact) mass is 852 g/mol. The average molecular weight is 853 g/mol. The van der Waals surface area contributed by atoms with Crippen LogP contribution in [-0.2, 0) is 0 Å². The predicted molar refractivity (Wildman–Crippen MR) is 265 cm³/mol. The summed E-state index contributed by atoms with van der Waals surface area (Å²) in [7, 11) is 0. The SMILES string of the molecule is C1=CN(c2c(-c3ccccc3)cccc2-c2ccccc2)CN1c1cc(Oc2ccc3c(c2)n(-c2ccccn2)c2nc4ccccc4n32)c2oc3cc4c(cc3c2c1)oc1ccccc14. The van der Waals surface area contributed by atoms with Gasteiger partial charge in [-0.3, -0.25) is 8.97 Å². The predicted octanol–water partition coefficient (Wildman–Crippen LogP) is 14.5. The second-order valence-electron chi connectivity index (χ2n) is 16.7. The molecule has 5 aromatic heterocycles. The highest BCUT2D eigenvalue weighted by atomic mass is 16.5. The van der Waals surface area contributed by atoms with E-state index in [0.29, 0.717) is 23.8 Å². The van der Waals surface area contributed by atoms with Crippen molar-refractivity contribution in [1.29, 1.82) is 0 Å². The lowest BCUT2D eigenvalue weighted by Crippen LogP contribution is -2.25. The highest BCUT2D eigenvalue weighted by Crippen LogP contribution is 2.46. The number of ether oxygens (including phenoxy) is 1. The van der Waals surface area contributed by atoms with Gasteiger partial charge in [0.25, 0.3) is 0 Å². The fourth-order valence-corrected chi connectivity index (χ4v) is 9.86. The van der Waals surface area contributed by atoms with E-state index in [1.165, 1.54) is 0 Å². The number of rotatable bonds is 7. The molecule has 0 saturated heterocycles. The first-order valence-electron chi connectivity index (χ1n) is 22.0. The Labute approximate surface area is 376 Å². The molecule has 1 aliphatic rings. The fourth-order valence-electron chi connectivity index (χ4n) is 9.86. The summed E-state index contributed by atoms with van der Waals surface area (Å²) in [4.78, 5) is 14.4. The van der Waals surface area contributed by atoms with Gasteiger partial charge in [-0.15, -0.1) is 0 Å². The van der Waals surface area contributed by atoms with Crippen LogP contribution >= 0.6 is 0 Å². The summed E-state index contributed by atoms with van der Waals surface area (Å²) >= 11 is 0. The Morgan fingerprint density at radius 3 is 2.02 bits per heavy atom. The van der Waals surface area contributed by atoms with E-state index in [1.807, 2.05) is 60.7 Å². The van der Waals surface area contributed by atoms with Gasteiger partial charge in [-0.2, -0.15) is 0 Å². The van der Waals surface area contributed by atoms with Crippen molar-refractivity contribution in [3.63, 3.8) is 0 Å². The number of imidazole rings is 2. The maximum atomic E-state index is 7.05. The first-order chi connectivity index (χ1) is 32.7. The Morgan fingerprint density at radius 1 is 0.500 bits per heavy atom. The molecule has 0 fully saturated rings. The third-order valence-corrected chi connectivity index (χ3v) is 12.9. The van der Waals surface area contributed by atoms with Crippen molar-refractivity contribution in [1.82, 2.24) is 18.9 Å². The average Bonchev–Trinajstić information content (AvgIpc) is 4.21. The van der Waals surface area contributed by atoms with Crippen LogP contribution in [0, 0.1) is 0 Å². The van der Waals surface area contributed by atoms with E-state index in [1.54, 1.807) is 6.20 Å². The van der Waals surface area contributed by atoms with Crippen LogP contribution in [0.1, 0.15) is 0 Å². The Morgan fingerprint density at radius 2 is 1.21 bits per heavy atom. The smallest absolute Gasteiger partial charge is 0.221 e. The summed E-state index contributed by atoms with van der Waals surface area (Å²) in [5.74, 6) is 2.77. The summed E-state index contributed by atoms with van der Waals surface area (Å²) in [5, 5.41) is 3.91. The fraction of sp³-hybridized carbons (Fsp3) is 0.0175. The molecule has 0 radical (unpaired) electrons. The van der Waals surface area contributed by atoms with Crippen molar-refractivity contribution < 1.29 is 13.6 Å². The van der Waals surface area contributed by atoms with Crippen molar-refractivity contribution in [2.24, 2.45) is 0 Å². The van der Waals surface area contributed by atoms with E-state index in [4.69, 9.17) is 23.5 Å². The van der Waals surface area contributed by atoms with Crippen LogP contribution in [0.4, 0.5) is 11.4 Å². The van der Waals surface area contributed by atoms with E-state index in [2.05, 4.69) is 159 Å². The summed E-state index contributed by atoms with van der Waals surface area (Å²) in [5.41, 5.74) is 13.6. The number of hydrogen-bond donors (Lipinski definition) is 0. The standard InChI is InChI=1S/C57H36N6O3/c1-3-14-36(15-4-1)40-19-13-20-41(37-16-5-2-6-17-37)55(40)61-29-28-60(35-61)38-30-45-44-34-51-43(42-18-7-10-23-50(42)65-51)33-52(44)66-56(45)53(31-38)64-39-25-26-48-49(32-39)63(54-24-11-12-27-58-54)57-59-46-21-8-9-22-47(46)62(48)57/h1-34H,35H2. The molecule has 0 aliphatic carbocycles. The van der Waals surface area contributed by atoms with Gasteiger partial charge in [0, 0.05) is 69.1 Å². The largest absolute Gasteiger partial charge is 0.456 e. The van der Waals surface area contributed by atoms with Gasteiger partial charge in [-0.25, -0.2) is 9.97 Å². The third-order valence-electron chi connectivity index (χ3n) is 12.9. The Bertz CT molecular complexity index is 4020. The molecule has 0 amide bonds. The Hall–Kier alpha value is -9.08. The number of fused-ring (bicyclic) bond motifs is 11. The van der Waals surface area contributed by atoms with Crippen molar-refractivity contribution in [3.05, 3.63) is 207 Å². The molecule has 13 aromatic rings. The van der Waals surface area contributed by atoms with Gasteiger partial charge in [-0.1, -0.05) is 115 Å². The maximum Gasteiger partial charge on any atom is 0.221 e. The molecule has 8 aromatic carbocycles. The van der Waals surface area contributed by atoms with Crippen molar-refractivity contribution in [3.8, 4) is 39.6 Å². The summed E-state index contributed by atoms with van der Waals surface area (Å²) in [6.45, 7) is 0.565. The highest BCUT2D eigenvalue weighted by molar-refractivity contribution is 6.16. The van der Waals surface area contributed by atoms with E-state index in [9.17, 15) is 0 Å². The molecule has 6 heterocycles. The molecular weight excluding hydrogens is 817 g/mol. The van der Waals surface area contributed by atoms with E-state index < -0.39 is 0 Å². The van der Waals surface area contributed by atoms with Crippen molar-refractivity contribution in [2.75, 3.05) is 16.5 Å². The number of nitrogens with zero attached hydrogens (tertiary/aromatic N) is 6. The summed E-state index contributed by atoms with van der Waals surface area (Å²) < 4.78 is 24.6. The molecule has 0 unspecified atom stereocenters. The van der Waals surface area contributed by atoms with Gasteiger partial charge in [-0.05, 0) is 71.8 Å². The topological polar surface area (TPSA) is 77.1 Å². The van der Waals surface area contributed by atoms with Gasteiger partial charge in [0.1, 0.15) is 28.3 Å². The number of para-hydroxylation sites is 4. The lowest BCUT2D eigenvalue weighted by molar-refractivity contribution is 0.477. The molecule has 14 rings (SSSR count). The second-order valence-corrected chi connectivity index (χ2v) is 16.7. The number of anilines is 2. The third kappa shape index (κ3) is 5.60. The van der Waals surface area contributed by atoms with Crippen LogP contribution in [-0.4, -0.2) is 25.6 Å². The van der Waals surface area contributed by atoms with Gasteiger partial charge in [0.05, 0.1) is 34.4 Å². The molecule has 9 heteroatoms. The minimum Gasteiger partial charge on any atom is -0.456 e. The van der Waals surface area contributed by atoms with Crippen LogP contribution in [0.2, 0.25) is 0 Å². The molecule has 0 N–H and O–H groups in total. The minimum absolute atomic E-state index is 0.565. The number of benzene rings is 8. The van der Waals surface area contributed by atoms with Gasteiger partial charge >= 0.3 is 0 Å².